The van der Waals surface area contributed by atoms with Gasteiger partial charge >= 0.3 is 6.18 Å². The molecule has 0 unspecified atom stereocenters. The van der Waals surface area contributed by atoms with Crippen molar-refractivity contribution >= 4 is 28.3 Å². The lowest BCUT2D eigenvalue weighted by Crippen LogP contribution is -2.39. The average molecular weight is 339 g/mol. The summed E-state index contributed by atoms with van der Waals surface area (Å²) >= 11 is 2.78. The molecular formula is C9H9BrClF4NO. The molecule has 17 heavy (non-hydrogen) atoms. The van der Waals surface area contributed by atoms with Crippen LogP contribution >= 0.6 is 28.3 Å². The molecule has 0 radical (unpaired) electrons. The van der Waals surface area contributed by atoms with E-state index in [1.165, 1.54) is 12.1 Å². The van der Waals surface area contributed by atoms with Gasteiger partial charge in [0, 0.05) is 0 Å². The maximum atomic E-state index is 13.0. The van der Waals surface area contributed by atoms with Gasteiger partial charge in [-0.1, -0.05) is 12.1 Å². The second-order valence-electron chi connectivity index (χ2n) is 3.16. The molecule has 2 nitrogen and oxygen atoms in total. The summed E-state index contributed by atoms with van der Waals surface area (Å²) in [5.74, 6) is -0.734. The van der Waals surface area contributed by atoms with E-state index in [2.05, 4.69) is 15.9 Å². The molecule has 0 spiro atoms. The molecule has 0 saturated heterocycles. The van der Waals surface area contributed by atoms with Crippen molar-refractivity contribution in [1.82, 2.24) is 0 Å². The Kier molecular flexibility index (Phi) is 5.86. The molecular weight excluding hydrogens is 329 g/mol. The van der Waals surface area contributed by atoms with E-state index in [0.29, 0.717) is 0 Å². The van der Waals surface area contributed by atoms with Gasteiger partial charge in [-0.3, -0.25) is 0 Å². The lowest BCUT2D eigenvalue weighted by atomic mass is 10.0. The van der Waals surface area contributed by atoms with Crippen LogP contribution in [0.25, 0.3) is 0 Å². The number of benzene rings is 1. The Morgan fingerprint density at radius 1 is 1.29 bits per heavy atom. The highest BCUT2D eigenvalue weighted by atomic mass is 79.9. The number of hydrogen-bond acceptors (Lipinski definition) is 2. The minimum absolute atomic E-state index is 0. The van der Waals surface area contributed by atoms with Crippen molar-refractivity contribution < 1.29 is 22.7 Å². The molecule has 0 heterocycles. The number of rotatable bonds is 2. The van der Waals surface area contributed by atoms with Gasteiger partial charge in [-0.05, 0) is 27.6 Å². The molecule has 1 aromatic carbocycles. The lowest BCUT2D eigenvalue weighted by molar-refractivity contribution is -0.210. The highest BCUT2D eigenvalue weighted by Gasteiger charge is 2.43. The first-order valence-corrected chi connectivity index (χ1v) is 4.98. The number of nitrogens with two attached hydrogens (primary N) is 1. The Bertz CT molecular complexity index is 388. The molecule has 0 aliphatic carbocycles. The van der Waals surface area contributed by atoms with Crippen molar-refractivity contribution in [3.8, 4) is 0 Å². The second kappa shape index (κ2) is 5.99. The highest BCUT2D eigenvalue weighted by molar-refractivity contribution is 9.10. The van der Waals surface area contributed by atoms with Crippen molar-refractivity contribution in [3.63, 3.8) is 0 Å². The second-order valence-corrected chi connectivity index (χ2v) is 3.95. The van der Waals surface area contributed by atoms with E-state index >= 15 is 0 Å². The fraction of sp³-hybridized carbons (Fsp3) is 0.333. The first kappa shape index (κ1) is 16.6. The van der Waals surface area contributed by atoms with Crippen LogP contribution in [0, 0.1) is 5.82 Å². The van der Waals surface area contributed by atoms with Crippen molar-refractivity contribution in [1.29, 1.82) is 0 Å². The number of hydrogen-bond donors (Lipinski definition) is 2. The Morgan fingerprint density at radius 3 is 2.29 bits per heavy atom. The van der Waals surface area contributed by atoms with E-state index in [-0.39, 0.29) is 22.4 Å². The number of alkyl halides is 3. The van der Waals surface area contributed by atoms with Crippen LogP contribution < -0.4 is 5.73 Å². The molecule has 8 heteroatoms. The quantitative estimate of drug-likeness (QED) is 0.815. The van der Waals surface area contributed by atoms with Crippen LogP contribution in [0.15, 0.2) is 22.7 Å². The summed E-state index contributed by atoms with van der Waals surface area (Å²) in [5.41, 5.74) is 5.09. The molecule has 0 aliphatic rings. The standard InChI is InChI=1S/C9H8BrF4NO.ClH/c10-6-4(2-1-3-5(6)11)7(15)8(16)9(12,13)14;/h1-3,7-8,16H,15H2;1H/t7-,8-;/m1./s1. The van der Waals surface area contributed by atoms with Gasteiger partial charge in [0.25, 0.3) is 0 Å². The fourth-order valence-corrected chi connectivity index (χ4v) is 1.68. The van der Waals surface area contributed by atoms with Crippen LogP contribution in [-0.2, 0) is 0 Å². The topological polar surface area (TPSA) is 46.2 Å². The van der Waals surface area contributed by atoms with E-state index in [1.807, 2.05) is 0 Å². The molecule has 2 atom stereocenters. The molecule has 0 aromatic heterocycles. The van der Waals surface area contributed by atoms with Crippen LogP contribution in [0.4, 0.5) is 17.6 Å². The molecule has 0 saturated carbocycles. The zero-order chi connectivity index (χ0) is 12.5. The van der Waals surface area contributed by atoms with E-state index in [9.17, 15) is 17.6 Å². The Balaban J connectivity index is 0.00000256. The van der Waals surface area contributed by atoms with E-state index < -0.39 is 24.1 Å². The molecule has 1 rings (SSSR count). The number of aliphatic hydroxyl groups excluding tert-OH is 1. The molecule has 0 amide bonds. The maximum Gasteiger partial charge on any atom is 0.416 e. The van der Waals surface area contributed by atoms with Crippen molar-refractivity contribution in [2.45, 2.75) is 18.3 Å². The normalized spacial score (nSPS) is 15.0. The summed E-state index contributed by atoms with van der Waals surface area (Å²) in [6, 6.07) is 1.77. The lowest BCUT2D eigenvalue weighted by Gasteiger charge is -2.22. The molecule has 3 N–H and O–H groups in total. The Labute approximate surface area is 109 Å². The fourth-order valence-electron chi connectivity index (χ4n) is 1.15. The van der Waals surface area contributed by atoms with Crippen LogP contribution in [0.1, 0.15) is 11.6 Å². The first-order valence-electron chi connectivity index (χ1n) is 4.19. The van der Waals surface area contributed by atoms with Gasteiger partial charge in [0.15, 0.2) is 6.10 Å². The summed E-state index contributed by atoms with van der Waals surface area (Å²) in [5, 5.41) is 8.93. The van der Waals surface area contributed by atoms with Crippen molar-refractivity contribution in [2.75, 3.05) is 0 Å². The van der Waals surface area contributed by atoms with Crippen molar-refractivity contribution in [3.05, 3.63) is 34.1 Å². The van der Waals surface area contributed by atoms with Crippen LogP contribution in [-0.4, -0.2) is 17.4 Å². The maximum absolute atomic E-state index is 13.0. The minimum atomic E-state index is -4.84. The molecule has 98 valence electrons. The smallest absolute Gasteiger partial charge is 0.382 e. The average Bonchev–Trinajstić information content (AvgIpc) is 2.18. The third-order valence-corrected chi connectivity index (χ3v) is 2.85. The zero-order valence-corrected chi connectivity index (χ0v) is 10.6. The Hall–Kier alpha value is -0.370. The van der Waals surface area contributed by atoms with Crippen LogP contribution in [0.3, 0.4) is 0 Å². The Morgan fingerprint density at radius 2 is 1.82 bits per heavy atom. The van der Waals surface area contributed by atoms with Gasteiger partial charge in [-0.15, -0.1) is 12.4 Å². The minimum Gasteiger partial charge on any atom is -0.382 e. The van der Waals surface area contributed by atoms with Crippen LogP contribution in [0.5, 0.6) is 0 Å². The monoisotopic (exact) mass is 337 g/mol. The van der Waals surface area contributed by atoms with E-state index in [4.69, 9.17) is 10.8 Å². The number of aliphatic hydroxyl groups is 1. The molecule has 0 aliphatic heterocycles. The first-order chi connectivity index (χ1) is 7.25. The summed E-state index contributed by atoms with van der Waals surface area (Å²) < 4.78 is 49.4. The summed E-state index contributed by atoms with van der Waals surface area (Å²) in [4.78, 5) is 0. The largest absolute Gasteiger partial charge is 0.416 e. The summed E-state index contributed by atoms with van der Waals surface area (Å²) in [6.45, 7) is 0. The van der Waals surface area contributed by atoms with Gasteiger partial charge in [-0.2, -0.15) is 13.2 Å². The zero-order valence-electron chi connectivity index (χ0n) is 8.21. The number of halogens is 6. The van der Waals surface area contributed by atoms with Gasteiger partial charge in [0.2, 0.25) is 0 Å². The van der Waals surface area contributed by atoms with Gasteiger partial charge < -0.3 is 10.8 Å². The van der Waals surface area contributed by atoms with Gasteiger partial charge in [0.1, 0.15) is 5.82 Å². The third-order valence-electron chi connectivity index (χ3n) is 2.02. The van der Waals surface area contributed by atoms with Crippen LogP contribution in [0.2, 0.25) is 0 Å². The van der Waals surface area contributed by atoms with E-state index in [0.717, 1.165) is 6.07 Å². The molecule has 0 bridgehead atoms. The molecule has 1 aromatic rings. The molecule has 0 fully saturated rings. The predicted molar refractivity (Wildman–Crippen MR) is 60.3 cm³/mol. The third kappa shape index (κ3) is 3.80. The van der Waals surface area contributed by atoms with Gasteiger partial charge in [0.05, 0.1) is 10.5 Å². The van der Waals surface area contributed by atoms with Gasteiger partial charge in [-0.25, -0.2) is 4.39 Å². The highest BCUT2D eigenvalue weighted by Crippen LogP contribution is 2.32. The summed E-state index contributed by atoms with van der Waals surface area (Å²) in [7, 11) is 0. The predicted octanol–water partition coefficient (Wildman–Crippen LogP) is 2.93. The van der Waals surface area contributed by atoms with Crippen molar-refractivity contribution in [2.24, 2.45) is 5.73 Å². The summed E-state index contributed by atoms with van der Waals surface area (Å²) in [6.07, 6.45) is -7.57. The van der Waals surface area contributed by atoms with E-state index in [1.54, 1.807) is 0 Å². The SMILES string of the molecule is Cl.N[C@H](c1cccc(F)c1Br)[C@@H](O)C(F)(F)F.